The number of hydrogen-bond donors (Lipinski definition) is 1. The van der Waals surface area contributed by atoms with Crippen LogP contribution >= 0.6 is 24.0 Å². The maximum Gasteiger partial charge on any atom is 0.126 e. The number of ether oxygens (including phenoxy) is 1. The van der Waals surface area contributed by atoms with E-state index in [0.29, 0.717) is 6.61 Å². The number of thiol groups is 1. The summed E-state index contributed by atoms with van der Waals surface area (Å²) in [6.07, 6.45) is 0. The van der Waals surface area contributed by atoms with Crippen LogP contribution in [0.3, 0.4) is 0 Å². The molecule has 1 heterocycles. The zero-order valence-corrected chi connectivity index (χ0v) is 7.49. The first kappa shape index (κ1) is 8.11. The molecule has 0 bridgehead atoms. The van der Waals surface area contributed by atoms with Crippen molar-refractivity contribution in [2.45, 2.75) is 12.4 Å². The highest BCUT2D eigenvalue weighted by Crippen LogP contribution is 2.22. The standard InChI is InChI=1S/C7H10OS2/c1-2-8-7(9)6-3-4-10-5-6/h3-5,7,9H,2H2,1H3. The van der Waals surface area contributed by atoms with Crippen molar-refractivity contribution in [3.63, 3.8) is 0 Å². The Kier molecular flexibility index (Phi) is 3.25. The van der Waals surface area contributed by atoms with Crippen molar-refractivity contribution in [3.05, 3.63) is 22.4 Å². The molecular weight excluding hydrogens is 164 g/mol. The molecule has 1 atom stereocenters. The molecule has 1 unspecified atom stereocenters. The van der Waals surface area contributed by atoms with Crippen molar-refractivity contribution in [2.75, 3.05) is 6.61 Å². The predicted octanol–water partition coefficient (Wildman–Crippen LogP) is 2.71. The van der Waals surface area contributed by atoms with Crippen molar-refractivity contribution in [1.82, 2.24) is 0 Å². The van der Waals surface area contributed by atoms with Gasteiger partial charge >= 0.3 is 0 Å². The second-order valence-electron chi connectivity index (χ2n) is 1.86. The van der Waals surface area contributed by atoms with E-state index >= 15 is 0 Å². The smallest absolute Gasteiger partial charge is 0.126 e. The Hall–Kier alpha value is 0.01000. The largest absolute Gasteiger partial charge is 0.363 e. The lowest BCUT2D eigenvalue weighted by Crippen LogP contribution is -1.94. The molecule has 0 aliphatic carbocycles. The highest BCUT2D eigenvalue weighted by atomic mass is 32.1. The lowest BCUT2D eigenvalue weighted by atomic mass is 10.4. The fourth-order valence-corrected chi connectivity index (χ4v) is 1.75. The van der Waals surface area contributed by atoms with Crippen LogP contribution in [0.2, 0.25) is 0 Å². The normalized spacial score (nSPS) is 13.4. The van der Waals surface area contributed by atoms with E-state index in [2.05, 4.69) is 12.6 Å². The molecule has 0 saturated carbocycles. The van der Waals surface area contributed by atoms with E-state index in [1.54, 1.807) is 11.3 Å². The lowest BCUT2D eigenvalue weighted by Gasteiger charge is -2.07. The summed E-state index contributed by atoms with van der Waals surface area (Å²) >= 11 is 5.92. The highest BCUT2D eigenvalue weighted by Gasteiger charge is 2.03. The van der Waals surface area contributed by atoms with E-state index in [1.165, 1.54) is 0 Å². The molecule has 0 aliphatic rings. The molecule has 1 nitrogen and oxygen atoms in total. The lowest BCUT2D eigenvalue weighted by molar-refractivity contribution is 0.128. The highest BCUT2D eigenvalue weighted by molar-refractivity contribution is 7.80. The molecule has 0 radical (unpaired) electrons. The molecule has 0 aromatic carbocycles. The van der Waals surface area contributed by atoms with Gasteiger partial charge < -0.3 is 4.74 Å². The average Bonchev–Trinajstić information content (AvgIpc) is 2.38. The topological polar surface area (TPSA) is 9.23 Å². The molecular formula is C7H10OS2. The molecule has 1 rings (SSSR count). The SMILES string of the molecule is CCOC(S)c1ccsc1. The monoisotopic (exact) mass is 174 g/mol. The number of hydrogen-bond acceptors (Lipinski definition) is 3. The summed E-state index contributed by atoms with van der Waals surface area (Å²) in [5.74, 6) is 0. The molecule has 0 N–H and O–H groups in total. The number of thiophene rings is 1. The Morgan fingerprint density at radius 2 is 2.60 bits per heavy atom. The van der Waals surface area contributed by atoms with Crippen molar-refractivity contribution in [3.8, 4) is 0 Å². The van der Waals surface area contributed by atoms with E-state index < -0.39 is 0 Å². The van der Waals surface area contributed by atoms with Crippen molar-refractivity contribution < 1.29 is 4.74 Å². The third kappa shape index (κ3) is 2.01. The fraction of sp³-hybridized carbons (Fsp3) is 0.429. The Morgan fingerprint density at radius 3 is 3.10 bits per heavy atom. The van der Waals surface area contributed by atoms with Crippen LogP contribution in [0.15, 0.2) is 16.8 Å². The van der Waals surface area contributed by atoms with Crippen molar-refractivity contribution >= 4 is 24.0 Å². The van der Waals surface area contributed by atoms with Crippen LogP contribution in [0.1, 0.15) is 17.9 Å². The van der Waals surface area contributed by atoms with Gasteiger partial charge in [0.1, 0.15) is 5.44 Å². The van der Waals surface area contributed by atoms with Gasteiger partial charge in [-0.25, -0.2) is 0 Å². The Bertz CT molecular complexity index is 172. The van der Waals surface area contributed by atoms with Gasteiger partial charge in [-0.2, -0.15) is 11.3 Å². The Balaban J connectivity index is 2.50. The molecule has 0 aliphatic heterocycles. The first-order valence-electron chi connectivity index (χ1n) is 3.16. The maximum absolute atomic E-state index is 5.26. The predicted molar refractivity (Wildman–Crippen MR) is 47.7 cm³/mol. The molecule has 0 spiro atoms. The van der Waals surface area contributed by atoms with Gasteiger partial charge in [0.25, 0.3) is 0 Å². The van der Waals surface area contributed by atoms with Gasteiger partial charge in [0.2, 0.25) is 0 Å². The number of rotatable bonds is 3. The quantitative estimate of drug-likeness (QED) is 0.547. The summed E-state index contributed by atoms with van der Waals surface area (Å²) in [7, 11) is 0. The van der Waals surface area contributed by atoms with Crippen LogP contribution in [-0.2, 0) is 4.74 Å². The maximum atomic E-state index is 5.26. The van der Waals surface area contributed by atoms with Gasteiger partial charge in [-0.1, -0.05) is 0 Å². The summed E-state index contributed by atoms with van der Waals surface area (Å²) in [5, 5.41) is 4.07. The molecule has 10 heavy (non-hydrogen) atoms. The van der Waals surface area contributed by atoms with Crippen LogP contribution < -0.4 is 0 Å². The van der Waals surface area contributed by atoms with Crippen LogP contribution in [0.25, 0.3) is 0 Å². The third-order valence-corrected chi connectivity index (χ3v) is 2.30. The van der Waals surface area contributed by atoms with Gasteiger partial charge in [-0.05, 0) is 23.8 Å². The van der Waals surface area contributed by atoms with E-state index in [9.17, 15) is 0 Å². The van der Waals surface area contributed by atoms with E-state index in [4.69, 9.17) is 4.74 Å². The van der Waals surface area contributed by atoms with Gasteiger partial charge in [-0.3, -0.25) is 0 Å². The molecule has 0 amide bonds. The van der Waals surface area contributed by atoms with Gasteiger partial charge in [-0.15, -0.1) is 12.6 Å². The van der Waals surface area contributed by atoms with Crippen LogP contribution in [0.5, 0.6) is 0 Å². The first-order chi connectivity index (χ1) is 4.84. The Labute approximate surface area is 70.4 Å². The van der Waals surface area contributed by atoms with E-state index in [0.717, 1.165) is 5.56 Å². The van der Waals surface area contributed by atoms with Gasteiger partial charge in [0, 0.05) is 12.2 Å². The first-order valence-corrected chi connectivity index (χ1v) is 4.62. The minimum Gasteiger partial charge on any atom is -0.363 e. The van der Waals surface area contributed by atoms with E-state index in [1.807, 2.05) is 23.8 Å². The van der Waals surface area contributed by atoms with Crippen molar-refractivity contribution in [2.24, 2.45) is 0 Å². The van der Waals surface area contributed by atoms with Crippen LogP contribution in [0, 0.1) is 0 Å². The van der Waals surface area contributed by atoms with Crippen molar-refractivity contribution in [1.29, 1.82) is 0 Å². The second-order valence-corrected chi connectivity index (χ2v) is 3.11. The van der Waals surface area contributed by atoms with Crippen LogP contribution in [0.4, 0.5) is 0 Å². The molecule has 3 heteroatoms. The van der Waals surface area contributed by atoms with Gasteiger partial charge in [0.15, 0.2) is 0 Å². The summed E-state index contributed by atoms with van der Waals surface area (Å²) in [6.45, 7) is 2.68. The van der Waals surface area contributed by atoms with Gasteiger partial charge in [0.05, 0.1) is 0 Å². The average molecular weight is 174 g/mol. The summed E-state index contributed by atoms with van der Waals surface area (Å²) < 4.78 is 5.26. The zero-order chi connectivity index (χ0) is 7.40. The minimum atomic E-state index is -0.0451. The second kappa shape index (κ2) is 4.01. The molecule has 56 valence electrons. The molecule has 1 aromatic heterocycles. The third-order valence-electron chi connectivity index (χ3n) is 1.15. The zero-order valence-electron chi connectivity index (χ0n) is 5.78. The molecule has 1 aromatic rings. The summed E-state index contributed by atoms with van der Waals surface area (Å²) in [6, 6.07) is 2.03. The van der Waals surface area contributed by atoms with Crippen LogP contribution in [-0.4, -0.2) is 6.61 Å². The van der Waals surface area contributed by atoms with E-state index in [-0.39, 0.29) is 5.44 Å². The molecule has 0 saturated heterocycles. The molecule has 0 fully saturated rings. The fourth-order valence-electron chi connectivity index (χ4n) is 0.670. The minimum absolute atomic E-state index is 0.0451. The Morgan fingerprint density at radius 1 is 1.80 bits per heavy atom. The summed E-state index contributed by atoms with van der Waals surface area (Å²) in [5.41, 5.74) is 1.10. The summed E-state index contributed by atoms with van der Waals surface area (Å²) in [4.78, 5) is 0.